The Morgan fingerprint density at radius 3 is 2.67 bits per heavy atom. The van der Waals surface area contributed by atoms with Crippen LogP contribution in [0.15, 0.2) is 24.5 Å². The molecule has 0 bridgehead atoms. The maximum Gasteiger partial charge on any atom is 0.401 e. The number of likely N-dealkylation sites (tertiary alicyclic amines) is 1. The smallest absolute Gasteiger partial charge is 0.352 e. The van der Waals surface area contributed by atoms with Crippen LogP contribution in [0.5, 0.6) is 0 Å². The topological polar surface area (TPSA) is 45.2 Å². The van der Waals surface area contributed by atoms with Gasteiger partial charge in [-0.3, -0.25) is 14.7 Å². The number of pyridine rings is 1. The van der Waals surface area contributed by atoms with Crippen LogP contribution in [0.1, 0.15) is 23.2 Å². The molecule has 0 spiro atoms. The van der Waals surface area contributed by atoms with Gasteiger partial charge in [0.25, 0.3) is 5.91 Å². The van der Waals surface area contributed by atoms with Gasteiger partial charge >= 0.3 is 6.18 Å². The highest BCUT2D eigenvalue weighted by atomic mass is 19.4. The highest BCUT2D eigenvalue weighted by Gasteiger charge is 2.32. The van der Waals surface area contributed by atoms with Crippen molar-refractivity contribution in [2.75, 3.05) is 26.2 Å². The lowest BCUT2D eigenvalue weighted by Crippen LogP contribution is -2.42. The van der Waals surface area contributed by atoms with E-state index in [0.717, 1.165) is 0 Å². The van der Waals surface area contributed by atoms with Crippen molar-refractivity contribution < 1.29 is 18.0 Å². The molecule has 1 fully saturated rings. The van der Waals surface area contributed by atoms with Crippen molar-refractivity contribution in [1.29, 1.82) is 0 Å². The lowest BCUT2D eigenvalue weighted by atomic mass is 9.96. The summed E-state index contributed by atoms with van der Waals surface area (Å²) in [7, 11) is 0. The predicted octanol–water partition coefficient (Wildman–Crippen LogP) is 2.09. The molecule has 116 valence electrons. The Hall–Kier alpha value is -1.63. The van der Waals surface area contributed by atoms with Crippen molar-refractivity contribution >= 4 is 5.91 Å². The number of halogens is 3. The highest BCUT2D eigenvalue weighted by Crippen LogP contribution is 2.22. The van der Waals surface area contributed by atoms with Gasteiger partial charge in [-0.2, -0.15) is 13.2 Å². The Morgan fingerprint density at radius 1 is 1.38 bits per heavy atom. The second kappa shape index (κ2) is 6.89. The largest absolute Gasteiger partial charge is 0.401 e. The van der Waals surface area contributed by atoms with Crippen molar-refractivity contribution in [3.8, 4) is 0 Å². The van der Waals surface area contributed by atoms with E-state index < -0.39 is 12.7 Å². The van der Waals surface area contributed by atoms with Crippen LogP contribution in [0, 0.1) is 5.92 Å². The fourth-order valence-electron chi connectivity index (χ4n) is 2.44. The number of hydrogen-bond donors (Lipinski definition) is 1. The Labute approximate surface area is 121 Å². The second-order valence-corrected chi connectivity index (χ2v) is 5.29. The summed E-state index contributed by atoms with van der Waals surface area (Å²) in [5.74, 6) is 0.0379. The first kappa shape index (κ1) is 15.8. The zero-order valence-corrected chi connectivity index (χ0v) is 11.6. The second-order valence-electron chi connectivity index (χ2n) is 5.29. The number of nitrogens with zero attached hydrogens (tertiary/aromatic N) is 2. The summed E-state index contributed by atoms with van der Waals surface area (Å²) < 4.78 is 36.8. The molecule has 7 heteroatoms. The molecule has 1 amide bonds. The third-order valence-corrected chi connectivity index (χ3v) is 3.59. The molecule has 0 atom stereocenters. The predicted molar refractivity (Wildman–Crippen MR) is 71.8 cm³/mol. The first-order chi connectivity index (χ1) is 9.94. The molecular formula is C14H18F3N3O. The zero-order chi connectivity index (χ0) is 15.3. The van der Waals surface area contributed by atoms with Gasteiger partial charge in [-0.05, 0) is 44.0 Å². The van der Waals surface area contributed by atoms with Gasteiger partial charge in [-0.1, -0.05) is 0 Å². The van der Waals surface area contributed by atoms with Gasteiger partial charge in [0.15, 0.2) is 0 Å². The lowest BCUT2D eigenvalue weighted by molar-refractivity contribution is -0.148. The molecule has 1 aliphatic heterocycles. The molecule has 21 heavy (non-hydrogen) atoms. The maximum absolute atomic E-state index is 12.3. The fourth-order valence-corrected chi connectivity index (χ4v) is 2.44. The Kier molecular flexibility index (Phi) is 5.17. The monoisotopic (exact) mass is 301 g/mol. The molecule has 1 aromatic heterocycles. The van der Waals surface area contributed by atoms with E-state index in [2.05, 4.69) is 10.3 Å². The number of carbonyl (C=O) groups is 1. The molecule has 1 aromatic rings. The van der Waals surface area contributed by atoms with E-state index in [1.807, 2.05) is 0 Å². The molecule has 0 saturated carbocycles. The van der Waals surface area contributed by atoms with E-state index in [1.54, 1.807) is 18.3 Å². The quantitative estimate of drug-likeness (QED) is 0.926. The van der Waals surface area contributed by atoms with E-state index >= 15 is 0 Å². The van der Waals surface area contributed by atoms with Crippen LogP contribution in [0.25, 0.3) is 0 Å². The molecule has 2 rings (SSSR count). The van der Waals surface area contributed by atoms with Gasteiger partial charge in [0.05, 0.1) is 12.1 Å². The van der Waals surface area contributed by atoms with E-state index in [-0.39, 0.29) is 11.8 Å². The van der Waals surface area contributed by atoms with Gasteiger partial charge in [0.1, 0.15) is 0 Å². The van der Waals surface area contributed by atoms with Gasteiger partial charge < -0.3 is 5.32 Å². The number of amides is 1. The molecule has 2 heterocycles. The number of rotatable bonds is 4. The minimum atomic E-state index is -4.14. The third kappa shape index (κ3) is 5.34. The molecule has 0 aromatic carbocycles. The van der Waals surface area contributed by atoms with Crippen LogP contribution in [-0.2, 0) is 0 Å². The van der Waals surface area contributed by atoms with Crippen LogP contribution in [0.2, 0.25) is 0 Å². The zero-order valence-electron chi connectivity index (χ0n) is 11.6. The summed E-state index contributed by atoms with van der Waals surface area (Å²) in [6.45, 7) is 0.495. The minimum Gasteiger partial charge on any atom is -0.352 e. The number of alkyl halides is 3. The van der Waals surface area contributed by atoms with Crippen LogP contribution in [0.4, 0.5) is 13.2 Å². The number of nitrogens with one attached hydrogen (secondary N) is 1. The SMILES string of the molecule is O=C(NCC1CCN(CC(F)(F)F)CC1)c1cccnc1. The Morgan fingerprint density at radius 2 is 2.10 bits per heavy atom. The Balaban J connectivity index is 1.71. The van der Waals surface area contributed by atoms with Crippen molar-refractivity contribution in [3.63, 3.8) is 0 Å². The molecule has 1 aliphatic rings. The normalized spacial score (nSPS) is 17.7. The van der Waals surface area contributed by atoms with E-state index in [9.17, 15) is 18.0 Å². The van der Waals surface area contributed by atoms with E-state index in [4.69, 9.17) is 0 Å². The molecule has 0 unspecified atom stereocenters. The Bertz CT molecular complexity index is 456. The average molecular weight is 301 g/mol. The van der Waals surface area contributed by atoms with Crippen LogP contribution in [-0.4, -0.2) is 48.1 Å². The fraction of sp³-hybridized carbons (Fsp3) is 0.571. The first-order valence-corrected chi connectivity index (χ1v) is 6.91. The van der Waals surface area contributed by atoms with Crippen LogP contribution >= 0.6 is 0 Å². The van der Waals surface area contributed by atoms with Crippen molar-refractivity contribution in [3.05, 3.63) is 30.1 Å². The standard InChI is InChI=1S/C14H18F3N3O/c15-14(16,17)10-20-6-3-11(4-7-20)8-19-13(21)12-2-1-5-18-9-12/h1-2,5,9,11H,3-4,6-8,10H2,(H,19,21). The summed E-state index contributed by atoms with van der Waals surface area (Å²) in [4.78, 5) is 17.1. The number of carbonyl (C=O) groups excluding carboxylic acids is 1. The summed E-state index contributed by atoms with van der Waals surface area (Å²) in [5.41, 5.74) is 0.493. The van der Waals surface area contributed by atoms with Crippen molar-refractivity contribution in [2.24, 2.45) is 5.92 Å². The number of hydrogen-bond acceptors (Lipinski definition) is 3. The summed E-state index contributed by atoms with van der Waals surface area (Å²) in [5, 5.41) is 2.81. The van der Waals surface area contributed by atoms with Crippen molar-refractivity contribution in [1.82, 2.24) is 15.2 Å². The maximum atomic E-state index is 12.3. The van der Waals surface area contributed by atoms with E-state index in [1.165, 1.54) is 11.1 Å². The molecule has 1 N–H and O–H groups in total. The average Bonchev–Trinajstić information content (AvgIpc) is 2.45. The third-order valence-electron chi connectivity index (χ3n) is 3.59. The van der Waals surface area contributed by atoms with Crippen molar-refractivity contribution in [2.45, 2.75) is 19.0 Å². The van der Waals surface area contributed by atoms with Gasteiger partial charge in [0.2, 0.25) is 0 Å². The lowest BCUT2D eigenvalue weighted by Gasteiger charge is -2.32. The first-order valence-electron chi connectivity index (χ1n) is 6.91. The van der Waals surface area contributed by atoms with Crippen LogP contribution < -0.4 is 5.32 Å². The number of piperidine rings is 1. The molecule has 0 aliphatic carbocycles. The van der Waals surface area contributed by atoms with Gasteiger partial charge in [-0.25, -0.2) is 0 Å². The van der Waals surface area contributed by atoms with E-state index in [0.29, 0.717) is 38.0 Å². The summed E-state index contributed by atoms with van der Waals surface area (Å²) in [6, 6.07) is 3.36. The summed E-state index contributed by atoms with van der Waals surface area (Å²) >= 11 is 0. The highest BCUT2D eigenvalue weighted by molar-refractivity contribution is 5.93. The number of aromatic nitrogens is 1. The minimum absolute atomic E-state index is 0.194. The molecular weight excluding hydrogens is 283 g/mol. The van der Waals surface area contributed by atoms with Gasteiger partial charge in [-0.15, -0.1) is 0 Å². The van der Waals surface area contributed by atoms with Crippen LogP contribution in [0.3, 0.4) is 0 Å². The molecule has 4 nitrogen and oxygen atoms in total. The summed E-state index contributed by atoms with van der Waals surface area (Å²) in [6.07, 6.45) is 0.280. The van der Waals surface area contributed by atoms with Gasteiger partial charge in [0, 0.05) is 18.9 Å². The molecule has 0 radical (unpaired) electrons. The molecule has 1 saturated heterocycles.